The van der Waals surface area contributed by atoms with Crippen LogP contribution in [0.4, 0.5) is 0 Å². The molecular weight excluding hydrogens is 376 g/mol. The number of hydrogen-bond donors (Lipinski definition) is 1. The highest BCUT2D eigenvalue weighted by molar-refractivity contribution is 7.92. The minimum absolute atomic E-state index is 0.0895. The molecule has 0 unspecified atom stereocenters. The van der Waals surface area contributed by atoms with Crippen molar-refractivity contribution < 1.29 is 18.0 Å². The van der Waals surface area contributed by atoms with Crippen LogP contribution in [0.3, 0.4) is 0 Å². The van der Waals surface area contributed by atoms with Crippen molar-refractivity contribution in [2.75, 3.05) is 19.8 Å². The Labute approximate surface area is 169 Å². The van der Waals surface area contributed by atoms with Crippen molar-refractivity contribution in [1.29, 1.82) is 0 Å². The van der Waals surface area contributed by atoms with Crippen LogP contribution in [0.15, 0.2) is 0 Å². The molecule has 0 bridgehead atoms. The highest BCUT2D eigenvalue weighted by Gasteiger charge is 2.36. The fourth-order valence-corrected chi connectivity index (χ4v) is 7.10. The molecule has 0 radical (unpaired) electrons. The Morgan fingerprint density at radius 2 is 1.43 bits per heavy atom. The fourth-order valence-electron chi connectivity index (χ4n) is 4.84. The molecule has 0 spiro atoms. The molecule has 3 aliphatic carbocycles. The maximum Gasteiger partial charge on any atom is 0.225 e. The number of sulfone groups is 1. The number of carbonyl (C=O) groups is 2. The predicted octanol–water partition coefficient (Wildman–Crippen LogP) is 2.52. The van der Waals surface area contributed by atoms with Crippen LogP contribution >= 0.6 is 0 Å². The van der Waals surface area contributed by atoms with E-state index in [0.717, 1.165) is 51.4 Å². The molecule has 3 rings (SSSR count). The quantitative estimate of drug-likeness (QED) is 0.696. The van der Waals surface area contributed by atoms with E-state index in [1.165, 1.54) is 0 Å². The van der Waals surface area contributed by atoms with Crippen molar-refractivity contribution in [3.63, 3.8) is 0 Å². The third kappa shape index (κ3) is 5.94. The maximum atomic E-state index is 12.4. The van der Waals surface area contributed by atoms with Crippen LogP contribution in [-0.2, 0) is 19.4 Å². The summed E-state index contributed by atoms with van der Waals surface area (Å²) in [6.45, 7) is 0. The van der Waals surface area contributed by atoms with Crippen LogP contribution in [0.25, 0.3) is 0 Å². The van der Waals surface area contributed by atoms with Crippen molar-refractivity contribution in [3.8, 4) is 0 Å². The first-order valence-corrected chi connectivity index (χ1v) is 12.7. The van der Waals surface area contributed by atoms with Crippen LogP contribution in [0.1, 0.15) is 70.6 Å². The molecular formula is C21H36N2O4S. The van der Waals surface area contributed by atoms with Crippen molar-refractivity contribution in [2.24, 2.45) is 17.8 Å². The second kappa shape index (κ2) is 9.14. The zero-order chi connectivity index (χ0) is 20.3. The molecule has 0 atom stereocenters. The summed E-state index contributed by atoms with van der Waals surface area (Å²) in [6.07, 6.45) is 9.15. The predicted molar refractivity (Wildman–Crippen MR) is 109 cm³/mol. The summed E-state index contributed by atoms with van der Waals surface area (Å²) in [4.78, 5) is 26.1. The zero-order valence-electron chi connectivity index (χ0n) is 17.4. The number of nitrogens with zero attached hydrogens (tertiary/aromatic N) is 1. The lowest BCUT2D eigenvalue weighted by atomic mass is 9.84. The number of rotatable bonds is 7. The minimum atomic E-state index is -2.94. The Bertz CT molecular complexity index is 656. The summed E-state index contributed by atoms with van der Waals surface area (Å²) in [5.74, 6) is 1.47. The molecule has 0 saturated heterocycles. The van der Waals surface area contributed by atoms with E-state index < -0.39 is 9.84 Å². The van der Waals surface area contributed by atoms with E-state index in [1.54, 1.807) is 19.0 Å². The lowest BCUT2D eigenvalue weighted by molar-refractivity contribution is -0.134. The Kier molecular flexibility index (Phi) is 7.05. The molecule has 0 aliphatic heterocycles. The summed E-state index contributed by atoms with van der Waals surface area (Å²) in [5, 5.41) is 2.97. The van der Waals surface area contributed by atoms with E-state index in [1.807, 2.05) is 0 Å². The molecule has 1 N–H and O–H groups in total. The van der Waals surface area contributed by atoms with Gasteiger partial charge in [-0.1, -0.05) is 0 Å². The van der Waals surface area contributed by atoms with Gasteiger partial charge >= 0.3 is 0 Å². The molecule has 7 heteroatoms. The lowest BCUT2D eigenvalue weighted by Crippen LogP contribution is -2.41. The molecule has 3 aliphatic rings. The van der Waals surface area contributed by atoms with E-state index >= 15 is 0 Å². The minimum Gasteiger partial charge on any atom is -0.353 e. The van der Waals surface area contributed by atoms with E-state index in [4.69, 9.17) is 0 Å². The number of hydrogen-bond acceptors (Lipinski definition) is 4. The fraction of sp³-hybridized carbons (Fsp3) is 0.905. The highest BCUT2D eigenvalue weighted by Crippen LogP contribution is 2.36. The van der Waals surface area contributed by atoms with Crippen molar-refractivity contribution in [3.05, 3.63) is 0 Å². The number of nitrogens with one attached hydrogen (secondary N) is 1. The molecule has 28 heavy (non-hydrogen) atoms. The van der Waals surface area contributed by atoms with E-state index in [-0.39, 0.29) is 29.0 Å². The number of carbonyl (C=O) groups excluding carboxylic acids is 2. The van der Waals surface area contributed by atoms with E-state index in [0.29, 0.717) is 36.9 Å². The van der Waals surface area contributed by atoms with Gasteiger partial charge in [0, 0.05) is 32.5 Å². The van der Waals surface area contributed by atoms with Gasteiger partial charge < -0.3 is 10.2 Å². The van der Waals surface area contributed by atoms with Gasteiger partial charge in [0.1, 0.15) is 0 Å². The van der Waals surface area contributed by atoms with Crippen LogP contribution in [0, 0.1) is 17.8 Å². The average Bonchev–Trinajstić information content (AvgIpc) is 3.45. The van der Waals surface area contributed by atoms with Gasteiger partial charge in [-0.05, 0) is 76.0 Å². The van der Waals surface area contributed by atoms with E-state index in [2.05, 4.69) is 5.32 Å². The van der Waals surface area contributed by atoms with Crippen LogP contribution in [-0.4, -0.2) is 56.3 Å². The first kappa shape index (κ1) is 21.6. The monoisotopic (exact) mass is 412 g/mol. The largest absolute Gasteiger partial charge is 0.353 e. The second-order valence-corrected chi connectivity index (χ2v) is 11.8. The molecule has 3 saturated carbocycles. The number of amides is 2. The SMILES string of the molecule is CN(C)C(=O)C1CCC(NC(=O)CC2CCC(S(=O)(=O)CC3CC3)CC2)CC1. The molecule has 0 aromatic rings. The van der Waals surface area contributed by atoms with Gasteiger partial charge in [0.2, 0.25) is 11.8 Å². The van der Waals surface area contributed by atoms with Gasteiger partial charge in [-0.15, -0.1) is 0 Å². The Balaban J connectivity index is 1.35. The first-order chi connectivity index (χ1) is 13.2. The van der Waals surface area contributed by atoms with Gasteiger partial charge in [0.25, 0.3) is 0 Å². The summed E-state index contributed by atoms with van der Waals surface area (Å²) < 4.78 is 24.9. The highest BCUT2D eigenvalue weighted by atomic mass is 32.2. The van der Waals surface area contributed by atoms with Gasteiger partial charge in [-0.3, -0.25) is 9.59 Å². The summed E-state index contributed by atoms with van der Waals surface area (Å²) >= 11 is 0. The van der Waals surface area contributed by atoms with Gasteiger partial charge in [-0.25, -0.2) is 8.42 Å². The first-order valence-electron chi connectivity index (χ1n) is 11.0. The zero-order valence-corrected chi connectivity index (χ0v) is 18.2. The third-order valence-electron chi connectivity index (χ3n) is 6.82. The van der Waals surface area contributed by atoms with Crippen LogP contribution in [0.2, 0.25) is 0 Å². The molecule has 0 aromatic carbocycles. The van der Waals surface area contributed by atoms with Crippen LogP contribution in [0.5, 0.6) is 0 Å². The third-order valence-corrected chi connectivity index (χ3v) is 9.25. The van der Waals surface area contributed by atoms with E-state index in [9.17, 15) is 18.0 Å². The summed E-state index contributed by atoms with van der Waals surface area (Å²) in [6, 6.07) is 0.175. The molecule has 0 heterocycles. The summed E-state index contributed by atoms with van der Waals surface area (Å²) in [7, 11) is 0.643. The standard InChI is InChI=1S/C21H36N2O4S/c1-23(2)21(25)17-7-9-18(10-8-17)22-20(24)13-15-5-11-19(12-6-15)28(26,27)14-16-3-4-16/h15-19H,3-14H2,1-2H3,(H,22,24). The molecule has 6 nitrogen and oxygen atoms in total. The smallest absolute Gasteiger partial charge is 0.225 e. The van der Waals surface area contributed by atoms with Crippen molar-refractivity contribution in [2.45, 2.75) is 81.9 Å². The Morgan fingerprint density at radius 3 is 1.96 bits per heavy atom. The maximum absolute atomic E-state index is 12.4. The van der Waals surface area contributed by atoms with Gasteiger partial charge in [0.15, 0.2) is 9.84 Å². The Hall–Kier alpha value is -1.11. The normalized spacial score (nSPS) is 31.2. The van der Waals surface area contributed by atoms with Gasteiger partial charge in [-0.2, -0.15) is 0 Å². The molecule has 3 fully saturated rings. The van der Waals surface area contributed by atoms with Crippen molar-refractivity contribution in [1.82, 2.24) is 10.2 Å². The van der Waals surface area contributed by atoms with Crippen LogP contribution < -0.4 is 5.32 Å². The summed E-state index contributed by atoms with van der Waals surface area (Å²) in [5.41, 5.74) is 0. The topological polar surface area (TPSA) is 83.6 Å². The molecule has 2 amide bonds. The van der Waals surface area contributed by atoms with Gasteiger partial charge in [0.05, 0.1) is 11.0 Å². The molecule has 160 valence electrons. The average molecular weight is 413 g/mol. The lowest BCUT2D eigenvalue weighted by Gasteiger charge is -2.31. The van der Waals surface area contributed by atoms with Crippen molar-refractivity contribution >= 4 is 21.7 Å². The second-order valence-electron chi connectivity index (χ2n) is 9.47. The molecule has 0 aromatic heterocycles. The Morgan fingerprint density at radius 1 is 0.857 bits per heavy atom.